The summed E-state index contributed by atoms with van der Waals surface area (Å²) in [5.74, 6) is -0.233. The summed E-state index contributed by atoms with van der Waals surface area (Å²) >= 11 is 0. The quantitative estimate of drug-likeness (QED) is 0.518. The fourth-order valence-corrected chi connectivity index (χ4v) is 3.37. The number of ether oxygens (including phenoxy) is 1. The number of nitrogens with one attached hydrogen (secondary N) is 1. The highest BCUT2D eigenvalue weighted by Crippen LogP contribution is 2.25. The smallest absolute Gasteiger partial charge is 0.247 e. The van der Waals surface area contributed by atoms with Crippen LogP contribution in [0.1, 0.15) is 17.2 Å². The zero-order chi connectivity index (χ0) is 23.7. The fourth-order valence-electron chi connectivity index (χ4n) is 3.03. The molecule has 1 unspecified atom stereocenters. The van der Waals surface area contributed by atoms with Gasteiger partial charge in [0.25, 0.3) is 0 Å². The maximum absolute atomic E-state index is 13.3. The van der Waals surface area contributed by atoms with Gasteiger partial charge in [0, 0.05) is 20.1 Å². The third kappa shape index (κ3) is 6.93. The van der Waals surface area contributed by atoms with E-state index in [9.17, 15) is 18.0 Å². The molecule has 8 nitrogen and oxygen atoms in total. The van der Waals surface area contributed by atoms with Crippen LogP contribution in [0.5, 0.6) is 5.75 Å². The van der Waals surface area contributed by atoms with E-state index < -0.39 is 28.5 Å². The minimum atomic E-state index is -3.58. The van der Waals surface area contributed by atoms with E-state index in [2.05, 4.69) is 11.9 Å². The van der Waals surface area contributed by atoms with Crippen LogP contribution < -0.4 is 10.1 Å². The van der Waals surface area contributed by atoms with Gasteiger partial charge in [0.1, 0.15) is 11.8 Å². The van der Waals surface area contributed by atoms with Crippen molar-refractivity contribution in [2.75, 3.05) is 33.5 Å². The number of nitrogens with zero attached hydrogens (tertiary/aromatic N) is 2. The van der Waals surface area contributed by atoms with Crippen LogP contribution in [0.2, 0.25) is 0 Å². The molecule has 0 bridgehead atoms. The standard InChI is InChI=1S/C23H29N3O5S/c1-5-15-24-23(28)22(19-9-7-6-8-10-19)26(21(27)17-25(2)32(4,29)30)16-18-11-13-20(31-3)14-12-18/h5-14,22H,1,15-17H2,2-4H3,(H,24,28). The van der Waals surface area contributed by atoms with Crippen LogP contribution in [0.25, 0.3) is 0 Å². The van der Waals surface area contributed by atoms with Crippen LogP contribution in [0, 0.1) is 0 Å². The van der Waals surface area contributed by atoms with Crippen LogP contribution in [0.3, 0.4) is 0 Å². The topological polar surface area (TPSA) is 96.0 Å². The van der Waals surface area contributed by atoms with Gasteiger partial charge in [-0.1, -0.05) is 48.5 Å². The highest BCUT2D eigenvalue weighted by atomic mass is 32.2. The molecule has 1 atom stereocenters. The van der Waals surface area contributed by atoms with Crippen molar-refractivity contribution in [2.24, 2.45) is 0 Å². The fraction of sp³-hybridized carbons (Fsp3) is 0.304. The molecule has 0 heterocycles. The number of sulfonamides is 1. The maximum Gasteiger partial charge on any atom is 0.247 e. The molecule has 2 aromatic rings. The molecule has 0 aromatic heterocycles. The van der Waals surface area contributed by atoms with Crippen molar-refractivity contribution in [3.63, 3.8) is 0 Å². The summed E-state index contributed by atoms with van der Waals surface area (Å²) < 4.78 is 29.9. The zero-order valence-electron chi connectivity index (χ0n) is 18.5. The Bertz CT molecular complexity index is 1020. The summed E-state index contributed by atoms with van der Waals surface area (Å²) in [5, 5.41) is 2.75. The Kier molecular flexibility index (Phi) is 8.98. The molecule has 1 N–H and O–H groups in total. The molecular formula is C23H29N3O5S. The highest BCUT2D eigenvalue weighted by molar-refractivity contribution is 7.88. The van der Waals surface area contributed by atoms with E-state index in [1.807, 2.05) is 6.07 Å². The summed E-state index contributed by atoms with van der Waals surface area (Å²) in [5.41, 5.74) is 1.37. The van der Waals surface area contributed by atoms with Gasteiger partial charge >= 0.3 is 0 Å². The van der Waals surface area contributed by atoms with Crippen LogP contribution in [0.4, 0.5) is 0 Å². The molecule has 0 radical (unpaired) electrons. The monoisotopic (exact) mass is 459 g/mol. The van der Waals surface area contributed by atoms with E-state index in [1.165, 1.54) is 11.9 Å². The summed E-state index contributed by atoms with van der Waals surface area (Å²) in [6.07, 6.45) is 2.58. The Morgan fingerprint density at radius 2 is 1.75 bits per heavy atom. The number of likely N-dealkylation sites (N-methyl/N-ethyl adjacent to an activating group) is 1. The lowest BCUT2D eigenvalue weighted by Gasteiger charge is -2.32. The number of benzene rings is 2. The molecule has 0 aliphatic carbocycles. The first-order chi connectivity index (χ1) is 15.2. The number of carbonyl (C=O) groups is 2. The average Bonchev–Trinajstić information content (AvgIpc) is 2.77. The molecule has 172 valence electrons. The Balaban J connectivity index is 2.48. The van der Waals surface area contributed by atoms with Crippen molar-refractivity contribution >= 4 is 21.8 Å². The first kappa shape index (κ1) is 25.1. The van der Waals surface area contributed by atoms with E-state index in [0.717, 1.165) is 16.1 Å². The maximum atomic E-state index is 13.3. The van der Waals surface area contributed by atoms with Gasteiger partial charge < -0.3 is 15.0 Å². The molecule has 9 heteroatoms. The summed E-state index contributed by atoms with van der Waals surface area (Å²) in [7, 11) is -0.698. The first-order valence-electron chi connectivity index (χ1n) is 9.94. The van der Waals surface area contributed by atoms with Gasteiger partial charge in [0.2, 0.25) is 21.8 Å². The molecule has 32 heavy (non-hydrogen) atoms. The lowest BCUT2D eigenvalue weighted by atomic mass is 10.0. The second-order valence-corrected chi connectivity index (χ2v) is 9.33. The van der Waals surface area contributed by atoms with Gasteiger partial charge in [-0.05, 0) is 23.3 Å². The Labute approximate surface area is 189 Å². The van der Waals surface area contributed by atoms with Crippen molar-refractivity contribution in [2.45, 2.75) is 12.6 Å². The van der Waals surface area contributed by atoms with Crippen molar-refractivity contribution in [3.05, 3.63) is 78.4 Å². The van der Waals surface area contributed by atoms with E-state index in [0.29, 0.717) is 11.3 Å². The van der Waals surface area contributed by atoms with Crippen molar-refractivity contribution in [1.29, 1.82) is 0 Å². The molecular weight excluding hydrogens is 430 g/mol. The second kappa shape index (κ2) is 11.4. The Morgan fingerprint density at radius 1 is 1.12 bits per heavy atom. The SMILES string of the molecule is C=CCNC(=O)C(c1ccccc1)N(Cc1ccc(OC)cc1)C(=O)CN(C)S(C)(=O)=O. The van der Waals surface area contributed by atoms with Gasteiger partial charge in [0.05, 0.1) is 19.9 Å². The summed E-state index contributed by atoms with van der Waals surface area (Å²) in [6, 6.07) is 15.0. The highest BCUT2D eigenvalue weighted by Gasteiger charge is 2.32. The van der Waals surface area contributed by atoms with E-state index >= 15 is 0 Å². The molecule has 0 fully saturated rings. The van der Waals surface area contributed by atoms with Gasteiger partial charge in [0.15, 0.2) is 0 Å². The molecule has 2 rings (SSSR count). The number of carbonyl (C=O) groups excluding carboxylic acids is 2. The Hall–Kier alpha value is -3.17. The average molecular weight is 460 g/mol. The predicted octanol–water partition coefficient (Wildman–Crippen LogP) is 1.96. The number of amides is 2. The predicted molar refractivity (Wildman–Crippen MR) is 123 cm³/mol. The zero-order valence-corrected chi connectivity index (χ0v) is 19.3. The van der Waals surface area contributed by atoms with Crippen LogP contribution in [0.15, 0.2) is 67.3 Å². The van der Waals surface area contributed by atoms with Crippen LogP contribution in [-0.2, 0) is 26.2 Å². The molecule has 2 aromatic carbocycles. The van der Waals surface area contributed by atoms with Crippen molar-refractivity contribution in [3.8, 4) is 5.75 Å². The van der Waals surface area contributed by atoms with Crippen molar-refractivity contribution in [1.82, 2.24) is 14.5 Å². The van der Waals surface area contributed by atoms with Gasteiger partial charge in [-0.15, -0.1) is 6.58 Å². The third-order valence-corrected chi connectivity index (χ3v) is 6.11. The summed E-state index contributed by atoms with van der Waals surface area (Å²) in [6.45, 7) is 3.55. The Morgan fingerprint density at radius 3 is 2.28 bits per heavy atom. The minimum Gasteiger partial charge on any atom is -0.497 e. The van der Waals surface area contributed by atoms with E-state index in [4.69, 9.17) is 4.74 Å². The molecule has 0 aliphatic rings. The largest absolute Gasteiger partial charge is 0.497 e. The van der Waals surface area contributed by atoms with E-state index in [1.54, 1.807) is 61.7 Å². The number of methoxy groups -OCH3 is 1. The molecule has 0 spiro atoms. The van der Waals surface area contributed by atoms with Gasteiger partial charge in [-0.3, -0.25) is 9.59 Å². The normalized spacial score (nSPS) is 12.1. The molecule has 2 amide bonds. The lowest BCUT2D eigenvalue weighted by molar-refractivity contribution is -0.141. The van der Waals surface area contributed by atoms with Crippen LogP contribution >= 0.6 is 0 Å². The van der Waals surface area contributed by atoms with Crippen LogP contribution in [-0.4, -0.2) is 62.9 Å². The third-order valence-electron chi connectivity index (χ3n) is 4.85. The summed E-state index contributed by atoms with van der Waals surface area (Å²) in [4.78, 5) is 27.8. The lowest BCUT2D eigenvalue weighted by Crippen LogP contribution is -2.47. The number of hydrogen-bond donors (Lipinski definition) is 1. The van der Waals surface area contributed by atoms with Crippen molar-refractivity contribution < 1.29 is 22.7 Å². The minimum absolute atomic E-state index is 0.0987. The molecule has 0 aliphatic heterocycles. The van der Waals surface area contributed by atoms with E-state index in [-0.39, 0.29) is 19.0 Å². The number of hydrogen-bond acceptors (Lipinski definition) is 5. The first-order valence-corrected chi connectivity index (χ1v) is 11.8. The van der Waals surface area contributed by atoms with Gasteiger partial charge in [-0.2, -0.15) is 4.31 Å². The second-order valence-electron chi connectivity index (χ2n) is 7.24. The molecule has 0 saturated carbocycles. The number of rotatable bonds is 11. The molecule has 0 saturated heterocycles. The van der Waals surface area contributed by atoms with Gasteiger partial charge in [-0.25, -0.2) is 8.42 Å².